The van der Waals surface area contributed by atoms with Crippen LogP contribution in [0.25, 0.3) is 0 Å². The highest BCUT2D eigenvalue weighted by molar-refractivity contribution is 7.13. The maximum absolute atomic E-state index is 11.2. The van der Waals surface area contributed by atoms with Crippen molar-refractivity contribution in [2.24, 2.45) is 5.73 Å². The number of anilines is 1. The van der Waals surface area contributed by atoms with Gasteiger partial charge >= 0.3 is 5.97 Å². The van der Waals surface area contributed by atoms with E-state index in [0.717, 1.165) is 5.13 Å². The molecule has 1 aliphatic heterocycles. The van der Waals surface area contributed by atoms with Crippen LogP contribution in [0.1, 0.15) is 11.7 Å². The summed E-state index contributed by atoms with van der Waals surface area (Å²) in [4.78, 5) is 17.4. The molecule has 6 nitrogen and oxygen atoms in total. The zero-order valence-corrected chi connectivity index (χ0v) is 9.61. The van der Waals surface area contributed by atoms with Gasteiger partial charge in [-0.15, -0.1) is 11.3 Å². The van der Waals surface area contributed by atoms with Gasteiger partial charge in [-0.3, -0.25) is 0 Å². The van der Waals surface area contributed by atoms with Gasteiger partial charge in [0.15, 0.2) is 5.13 Å². The Morgan fingerprint density at radius 1 is 1.81 bits per heavy atom. The molecule has 0 amide bonds. The number of ether oxygens (including phenoxy) is 1. The Bertz CT molecular complexity index is 389. The Balaban J connectivity index is 2.04. The third-order valence-corrected chi connectivity index (χ3v) is 3.34. The number of hydrogen-bond donors (Lipinski definition) is 2. The smallest absolute Gasteiger partial charge is 0.328 e. The summed E-state index contributed by atoms with van der Waals surface area (Å²) >= 11 is 1.41. The fourth-order valence-electron chi connectivity index (χ4n) is 1.42. The number of aromatic nitrogens is 1. The topological polar surface area (TPSA) is 88.7 Å². The number of aliphatic hydroxyl groups excluding tert-OH is 1. The highest BCUT2D eigenvalue weighted by Gasteiger charge is 2.28. The second kappa shape index (κ2) is 4.36. The number of nitrogens with two attached hydrogens (primary N) is 1. The van der Waals surface area contributed by atoms with Crippen molar-refractivity contribution >= 4 is 22.4 Å². The zero-order chi connectivity index (χ0) is 11.7. The van der Waals surface area contributed by atoms with Gasteiger partial charge in [-0.1, -0.05) is 0 Å². The first-order valence-electron chi connectivity index (χ1n) is 4.83. The molecule has 1 fully saturated rings. The third-order valence-electron chi connectivity index (χ3n) is 2.42. The van der Waals surface area contributed by atoms with E-state index in [1.807, 2.05) is 4.90 Å². The van der Waals surface area contributed by atoms with Crippen LogP contribution in [-0.4, -0.2) is 42.4 Å². The van der Waals surface area contributed by atoms with E-state index in [4.69, 9.17) is 10.8 Å². The molecule has 0 aliphatic carbocycles. The highest BCUT2D eigenvalue weighted by Crippen LogP contribution is 2.27. The third kappa shape index (κ3) is 2.01. The van der Waals surface area contributed by atoms with E-state index >= 15 is 0 Å². The molecule has 7 heteroatoms. The van der Waals surface area contributed by atoms with Gasteiger partial charge in [0.25, 0.3) is 0 Å². The molecule has 1 saturated heterocycles. The van der Waals surface area contributed by atoms with Gasteiger partial charge in [-0.25, -0.2) is 9.78 Å². The predicted molar refractivity (Wildman–Crippen MR) is 59.3 cm³/mol. The number of nitrogens with zero attached hydrogens (tertiary/aromatic N) is 2. The summed E-state index contributed by atoms with van der Waals surface area (Å²) in [5, 5.41) is 11.7. The number of hydrogen-bond acceptors (Lipinski definition) is 7. The van der Waals surface area contributed by atoms with Crippen LogP contribution in [0.2, 0.25) is 0 Å². The van der Waals surface area contributed by atoms with Crippen LogP contribution in [-0.2, 0) is 9.53 Å². The van der Waals surface area contributed by atoms with Crippen molar-refractivity contribution in [1.29, 1.82) is 0 Å². The number of carbonyl (C=O) groups excluding carboxylic acids is 1. The highest BCUT2D eigenvalue weighted by atomic mass is 32.1. The normalized spacial score (nSPS) is 18.1. The molecule has 1 aromatic heterocycles. The van der Waals surface area contributed by atoms with Gasteiger partial charge in [0.2, 0.25) is 0 Å². The van der Waals surface area contributed by atoms with Gasteiger partial charge in [0.1, 0.15) is 6.04 Å². The standard InChI is InChI=1S/C9H13N3O3S/c1-15-8(14)7(10)6-4-16-9(11-6)12-2-5(13)3-12/h4-5,7,13H,2-3,10H2,1H3. The predicted octanol–water partition coefficient (Wildman–Crippen LogP) is -0.503. The summed E-state index contributed by atoms with van der Waals surface area (Å²) in [5.74, 6) is -0.500. The second-order valence-electron chi connectivity index (χ2n) is 3.61. The maximum atomic E-state index is 11.2. The summed E-state index contributed by atoms with van der Waals surface area (Å²) in [6.07, 6.45) is -0.276. The van der Waals surface area contributed by atoms with Gasteiger partial charge in [-0.05, 0) is 0 Å². The van der Waals surface area contributed by atoms with Crippen LogP contribution in [0, 0.1) is 0 Å². The number of thiazole rings is 1. The van der Waals surface area contributed by atoms with Crippen molar-refractivity contribution < 1.29 is 14.6 Å². The minimum absolute atomic E-state index is 0.276. The van der Waals surface area contributed by atoms with Gasteiger partial charge in [0.05, 0.1) is 18.9 Å². The van der Waals surface area contributed by atoms with Crippen LogP contribution in [0.3, 0.4) is 0 Å². The minimum atomic E-state index is -0.832. The lowest BCUT2D eigenvalue weighted by atomic mass is 10.2. The van der Waals surface area contributed by atoms with E-state index in [-0.39, 0.29) is 6.10 Å². The average Bonchev–Trinajstić information content (AvgIpc) is 2.71. The van der Waals surface area contributed by atoms with Crippen molar-refractivity contribution in [3.05, 3.63) is 11.1 Å². The van der Waals surface area contributed by atoms with Gasteiger partial charge in [-0.2, -0.15) is 0 Å². The van der Waals surface area contributed by atoms with E-state index in [0.29, 0.717) is 18.8 Å². The molecule has 16 heavy (non-hydrogen) atoms. The summed E-state index contributed by atoms with van der Waals surface area (Å²) in [6, 6.07) is -0.832. The van der Waals surface area contributed by atoms with E-state index in [9.17, 15) is 4.79 Å². The minimum Gasteiger partial charge on any atom is -0.468 e. The summed E-state index contributed by atoms with van der Waals surface area (Å²) in [6.45, 7) is 1.17. The van der Waals surface area contributed by atoms with Crippen LogP contribution in [0.4, 0.5) is 5.13 Å². The molecule has 0 spiro atoms. The van der Waals surface area contributed by atoms with Crippen molar-refractivity contribution in [3.8, 4) is 0 Å². The number of β-amino-alcohol motifs (C(OH)–C–C–N with tert-alkyl or cyclic N) is 1. The van der Waals surface area contributed by atoms with Crippen LogP contribution in [0.5, 0.6) is 0 Å². The fourth-order valence-corrected chi connectivity index (χ4v) is 2.31. The Morgan fingerprint density at radius 3 is 3.06 bits per heavy atom. The monoisotopic (exact) mass is 243 g/mol. The number of rotatable bonds is 3. The molecule has 2 heterocycles. The largest absolute Gasteiger partial charge is 0.468 e. The Hall–Kier alpha value is -1.18. The Kier molecular flexibility index (Phi) is 3.08. The lowest BCUT2D eigenvalue weighted by molar-refractivity contribution is -0.142. The van der Waals surface area contributed by atoms with Crippen LogP contribution >= 0.6 is 11.3 Å². The molecular formula is C9H13N3O3S. The molecule has 1 atom stereocenters. The molecule has 1 aromatic rings. The first-order chi connectivity index (χ1) is 7.61. The molecule has 0 bridgehead atoms. The molecule has 1 unspecified atom stereocenters. The molecule has 0 radical (unpaired) electrons. The Morgan fingerprint density at radius 2 is 2.50 bits per heavy atom. The van der Waals surface area contributed by atoms with Gasteiger partial charge < -0.3 is 20.5 Å². The van der Waals surface area contributed by atoms with Crippen LogP contribution in [0.15, 0.2) is 5.38 Å². The number of aliphatic hydroxyl groups is 1. The Labute approximate surface area is 96.6 Å². The van der Waals surface area contributed by atoms with Crippen molar-refractivity contribution in [3.63, 3.8) is 0 Å². The summed E-state index contributed by atoms with van der Waals surface area (Å²) in [5.41, 5.74) is 6.16. The molecular weight excluding hydrogens is 230 g/mol. The number of esters is 1. The lowest BCUT2D eigenvalue weighted by Crippen LogP contribution is -2.50. The number of carbonyl (C=O) groups is 1. The molecule has 1 aliphatic rings. The maximum Gasteiger partial charge on any atom is 0.328 e. The molecule has 0 saturated carbocycles. The van der Waals surface area contributed by atoms with Gasteiger partial charge in [0, 0.05) is 18.5 Å². The average molecular weight is 243 g/mol. The van der Waals surface area contributed by atoms with E-state index in [2.05, 4.69) is 9.72 Å². The van der Waals surface area contributed by atoms with E-state index in [1.54, 1.807) is 5.38 Å². The number of methoxy groups -OCH3 is 1. The lowest BCUT2D eigenvalue weighted by Gasteiger charge is -2.35. The molecule has 0 aromatic carbocycles. The molecule has 88 valence electrons. The van der Waals surface area contributed by atoms with Crippen molar-refractivity contribution in [2.75, 3.05) is 25.1 Å². The summed E-state index contributed by atoms with van der Waals surface area (Å²) in [7, 11) is 1.29. The van der Waals surface area contributed by atoms with Crippen molar-refractivity contribution in [1.82, 2.24) is 4.98 Å². The second-order valence-corrected chi connectivity index (χ2v) is 4.45. The molecule has 2 rings (SSSR count). The van der Waals surface area contributed by atoms with Crippen molar-refractivity contribution in [2.45, 2.75) is 12.1 Å². The van der Waals surface area contributed by atoms with E-state index in [1.165, 1.54) is 18.4 Å². The fraction of sp³-hybridized carbons (Fsp3) is 0.556. The first-order valence-corrected chi connectivity index (χ1v) is 5.71. The molecule has 3 N–H and O–H groups in total. The zero-order valence-electron chi connectivity index (χ0n) is 8.79. The van der Waals surface area contributed by atoms with Crippen LogP contribution < -0.4 is 10.6 Å². The SMILES string of the molecule is COC(=O)C(N)c1csc(N2CC(O)C2)n1. The van der Waals surface area contributed by atoms with E-state index < -0.39 is 12.0 Å². The first kappa shape index (κ1) is 11.3. The summed E-state index contributed by atoms with van der Waals surface area (Å²) < 4.78 is 4.54. The quantitative estimate of drug-likeness (QED) is 0.696.